The third-order valence-electron chi connectivity index (χ3n) is 3.65. The Bertz CT molecular complexity index is 251. The van der Waals surface area contributed by atoms with E-state index in [2.05, 4.69) is 20.8 Å². The Morgan fingerprint density at radius 3 is 2.76 bits per heavy atom. The van der Waals surface area contributed by atoms with E-state index in [1.807, 2.05) is 4.90 Å². The number of carbonyl (C=O) groups excluding carboxylic acids is 1. The number of likely N-dealkylation sites (tertiary alicyclic amines) is 1. The second kappa shape index (κ2) is 6.39. The number of unbranched alkanes of at least 4 members (excludes halogenated alkanes) is 2. The van der Waals surface area contributed by atoms with Crippen molar-refractivity contribution in [3.63, 3.8) is 0 Å². The molecule has 1 fully saturated rings. The summed E-state index contributed by atoms with van der Waals surface area (Å²) in [6.45, 7) is 8.50. The summed E-state index contributed by atoms with van der Waals surface area (Å²) in [5, 5.41) is 0. The second-order valence-corrected chi connectivity index (χ2v) is 6.13. The molecule has 1 unspecified atom stereocenters. The van der Waals surface area contributed by atoms with Gasteiger partial charge in [0.25, 0.3) is 0 Å². The average Bonchev–Trinajstić information content (AvgIpc) is 2.25. The number of nitrogens with zero attached hydrogens (tertiary/aromatic N) is 1. The van der Waals surface area contributed by atoms with Crippen molar-refractivity contribution in [2.24, 2.45) is 11.1 Å². The van der Waals surface area contributed by atoms with Crippen LogP contribution in [0.4, 0.5) is 0 Å². The standard InChI is InChI=1S/C14H28N2O/c1-4-5-6-9-14(2,3)11-16-10-7-8-12(15)13(16)17/h12H,4-11,15H2,1-3H3. The summed E-state index contributed by atoms with van der Waals surface area (Å²) in [4.78, 5) is 13.9. The number of nitrogens with two attached hydrogens (primary N) is 1. The average molecular weight is 240 g/mol. The maximum atomic E-state index is 11.9. The Morgan fingerprint density at radius 1 is 1.41 bits per heavy atom. The molecule has 0 aromatic carbocycles. The van der Waals surface area contributed by atoms with Gasteiger partial charge in [-0.1, -0.05) is 40.0 Å². The van der Waals surface area contributed by atoms with E-state index >= 15 is 0 Å². The Kier molecular flexibility index (Phi) is 5.44. The Balaban J connectivity index is 2.42. The maximum Gasteiger partial charge on any atom is 0.239 e. The molecule has 1 amide bonds. The Hall–Kier alpha value is -0.570. The van der Waals surface area contributed by atoms with Crippen molar-refractivity contribution in [2.75, 3.05) is 13.1 Å². The molecule has 1 aliphatic heterocycles. The number of hydrogen-bond donors (Lipinski definition) is 1. The highest BCUT2D eigenvalue weighted by Crippen LogP contribution is 2.26. The Morgan fingerprint density at radius 2 is 2.12 bits per heavy atom. The zero-order valence-corrected chi connectivity index (χ0v) is 11.7. The van der Waals surface area contributed by atoms with Gasteiger partial charge in [0, 0.05) is 13.1 Å². The molecule has 0 aromatic rings. The van der Waals surface area contributed by atoms with Crippen LogP contribution < -0.4 is 5.73 Å². The van der Waals surface area contributed by atoms with E-state index < -0.39 is 0 Å². The van der Waals surface area contributed by atoms with E-state index in [-0.39, 0.29) is 17.4 Å². The second-order valence-electron chi connectivity index (χ2n) is 6.13. The molecule has 1 atom stereocenters. The van der Waals surface area contributed by atoms with Gasteiger partial charge in [-0.25, -0.2) is 0 Å². The monoisotopic (exact) mass is 240 g/mol. The van der Waals surface area contributed by atoms with Crippen molar-refractivity contribution in [1.82, 2.24) is 4.90 Å². The molecular formula is C14H28N2O. The molecule has 17 heavy (non-hydrogen) atoms. The largest absolute Gasteiger partial charge is 0.341 e. The predicted octanol–water partition coefficient (Wildman–Crippen LogP) is 2.54. The first-order chi connectivity index (χ1) is 7.96. The SMILES string of the molecule is CCCCCC(C)(C)CN1CCCC(N)C1=O. The highest BCUT2D eigenvalue weighted by Gasteiger charge is 2.30. The molecule has 100 valence electrons. The normalized spacial score (nSPS) is 22.0. The van der Waals surface area contributed by atoms with Crippen molar-refractivity contribution in [3.05, 3.63) is 0 Å². The van der Waals surface area contributed by atoms with Crippen LogP contribution in [-0.2, 0) is 4.79 Å². The van der Waals surface area contributed by atoms with Gasteiger partial charge < -0.3 is 10.6 Å². The van der Waals surface area contributed by atoms with Crippen LogP contribution in [0.25, 0.3) is 0 Å². The minimum Gasteiger partial charge on any atom is -0.341 e. The van der Waals surface area contributed by atoms with Crippen LogP contribution in [0.3, 0.4) is 0 Å². The van der Waals surface area contributed by atoms with Crippen LogP contribution in [0.2, 0.25) is 0 Å². The lowest BCUT2D eigenvalue weighted by Crippen LogP contribution is -2.51. The van der Waals surface area contributed by atoms with E-state index in [1.165, 1.54) is 25.7 Å². The van der Waals surface area contributed by atoms with E-state index in [1.54, 1.807) is 0 Å². The highest BCUT2D eigenvalue weighted by atomic mass is 16.2. The summed E-state index contributed by atoms with van der Waals surface area (Å²) < 4.78 is 0. The summed E-state index contributed by atoms with van der Waals surface area (Å²) in [6, 6.07) is -0.254. The number of carbonyl (C=O) groups is 1. The first-order valence-electron chi connectivity index (χ1n) is 7.00. The van der Waals surface area contributed by atoms with Crippen LogP contribution in [-0.4, -0.2) is 29.9 Å². The lowest BCUT2D eigenvalue weighted by Gasteiger charge is -2.37. The molecule has 0 radical (unpaired) electrons. The summed E-state index contributed by atoms with van der Waals surface area (Å²) in [6.07, 6.45) is 6.90. The first-order valence-corrected chi connectivity index (χ1v) is 7.00. The van der Waals surface area contributed by atoms with Gasteiger partial charge in [-0.3, -0.25) is 4.79 Å². The lowest BCUT2D eigenvalue weighted by atomic mass is 9.85. The number of rotatable bonds is 6. The van der Waals surface area contributed by atoms with Crippen molar-refractivity contribution in [2.45, 2.75) is 65.3 Å². The number of piperidine rings is 1. The van der Waals surface area contributed by atoms with Crippen LogP contribution in [0.15, 0.2) is 0 Å². The summed E-state index contributed by atoms with van der Waals surface area (Å²) in [5.74, 6) is 0.153. The first kappa shape index (κ1) is 14.5. The zero-order valence-electron chi connectivity index (χ0n) is 11.7. The summed E-state index contributed by atoms with van der Waals surface area (Å²) in [5.41, 5.74) is 6.04. The molecule has 0 aliphatic carbocycles. The molecule has 0 bridgehead atoms. The molecule has 1 aliphatic rings. The fourth-order valence-electron chi connectivity index (χ4n) is 2.58. The van der Waals surface area contributed by atoms with Gasteiger partial charge in [-0.15, -0.1) is 0 Å². The minimum atomic E-state index is -0.254. The van der Waals surface area contributed by atoms with Gasteiger partial charge in [0.15, 0.2) is 0 Å². The fraction of sp³-hybridized carbons (Fsp3) is 0.929. The third kappa shape index (κ3) is 4.66. The smallest absolute Gasteiger partial charge is 0.239 e. The molecule has 3 nitrogen and oxygen atoms in total. The molecule has 2 N–H and O–H groups in total. The molecule has 3 heteroatoms. The van der Waals surface area contributed by atoms with Gasteiger partial charge >= 0.3 is 0 Å². The van der Waals surface area contributed by atoms with Crippen LogP contribution in [0, 0.1) is 5.41 Å². The van der Waals surface area contributed by atoms with Crippen LogP contribution in [0.1, 0.15) is 59.3 Å². The van der Waals surface area contributed by atoms with Crippen LogP contribution in [0.5, 0.6) is 0 Å². The minimum absolute atomic E-state index is 0.153. The van der Waals surface area contributed by atoms with E-state index in [0.29, 0.717) is 0 Å². The van der Waals surface area contributed by atoms with Crippen molar-refractivity contribution >= 4 is 5.91 Å². The van der Waals surface area contributed by atoms with E-state index in [4.69, 9.17) is 5.73 Å². The van der Waals surface area contributed by atoms with Gasteiger partial charge in [0.1, 0.15) is 0 Å². The van der Waals surface area contributed by atoms with E-state index in [9.17, 15) is 4.79 Å². The predicted molar refractivity (Wildman–Crippen MR) is 71.7 cm³/mol. The van der Waals surface area contributed by atoms with Gasteiger partial charge in [-0.2, -0.15) is 0 Å². The lowest BCUT2D eigenvalue weighted by molar-refractivity contribution is -0.136. The summed E-state index contributed by atoms with van der Waals surface area (Å²) in [7, 11) is 0. The third-order valence-corrected chi connectivity index (χ3v) is 3.65. The van der Waals surface area contributed by atoms with Crippen molar-refractivity contribution in [3.8, 4) is 0 Å². The molecule has 1 heterocycles. The molecule has 0 saturated carbocycles. The van der Waals surface area contributed by atoms with Crippen LogP contribution >= 0.6 is 0 Å². The molecule has 0 aromatic heterocycles. The Labute approximate surface area is 106 Å². The van der Waals surface area contributed by atoms with Crippen molar-refractivity contribution in [1.29, 1.82) is 0 Å². The van der Waals surface area contributed by atoms with E-state index in [0.717, 1.165) is 25.9 Å². The number of amides is 1. The molecule has 1 saturated heterocycles. The molecular weight excluding hydrogens is 212 g/mol. The van der Waals surface area contributed by atoms with Crippen molar-refractivity contribution < 1.29 is 4.79 Å². The molecule has 0 spiro atoms. The topological polar surface area (TPSA) is 46.3 Å². The van der Waals surface area contributed by atoms with Gasteiger partial charge in [-0.05, 0) is 24.7 Å². The highest BCUT2D eigenvalue weighted by molar-refractivity contribution is 5.82. The quantitative estimate of drug-likeness (QED) is 0.725. The molecule has 1 rings (SSSR count). The number of hydrogen-bond acceptors (Lipinski definition) is 2. The van der Waals surface area contributed by atoms with Gasteiger partial charge in [0.05, 0.1) is 6.04 Å². The van der Waals surface area contributed by atoms with Gasteiger partial charge in [0.2, 0.25) is 5.91 Å². The maximum absolute atomic E-state index is 11.9. The summed E-state index contributed by atoms with van der Waals surface area (Å²) >= 11 is 0. The zero-order chi connectivity index (χ0) is 12.9. The fourth-order valence-corrected chi connectivity index (χ4v) is 2.58.